The molecular weight excluding hydrogens is 276 g/mol. The van der Waals surface area contributed by atoms with Crippen molar-refractivity contribution in [2.75, 3.05) is 11.9 Å². The van der Waals surface area contributed by atoms with Crippen molar-refractivity contribution in [1.29, 1.82) is 0 Å². The Labute approximate surface area is 133 Å². The Kier molecular flexibility index (Phi) is 7.37. The molecule has 1 aromatic rings. The van der Waals surface area contributed by atoms with E-state index in [4.69, 9.17) is 0 Å². The standard InChI is InChI=1S/C18H26N2O2/c1-5-10-19-17(21)11-14(4)12-18(22)20-16-8-6-15(7-9-16)13(2)3/h5-9,13-14H,1,10-12H2,2-4H3,(H,19,21)(H,20,22). The molecule has 0 fully saturated rings. The molecular formula is C18H26N2O2. The molecule has 120 valence electrons. The maximum atomic E-state index is 12.0. The molecule has 22 heavy (non-hydrogen) atoms. The van der Waals surface area contributed by atoms with Crippen LogP contribution in [0.25, 0.3) is 0 Å². The van der Waals surface area contributed by atoms with Gasteiger partial charge in [0.05, 0.1) is 0 Å². The lowest BCUT2D eigenvalue weighted by Crippen LogP contribution is -2.26. The van der Waals surface area contributed by atoms with Gasteiger partial charge in [0.25, 0.3) is 0 Å². The Morgan fingerprint density at radius 3 is 2.23 bits per heavy atom. The van der Waals surface area contributed by atoms with Crippen LogP contribution >= 0.6 is 0 Å². The zero-order valence-corrected chi connectivity index (χ0v) is 13.7. The van der Waals surface area contributed by atoms with Gasteiger partial charge in [-0.1, -0.05) is 39.0 Å². The van der Waals surface area contributed by atoms with E-state index in [1.54, 1.807) is 6.08 Å². The predicted molar refractivity (Wildman–Crippen MR) is 90.8 cm³/mol. The van der Waals surface area contributed by atoms with Crippen LogP contribution in [0.2, 0.25) is 0 Å². The van der Waals surface area contributed by atoms with Gasteiger partial charge in [-0.15, -0.1) is 6.58 Å². The molecule has 0 heterocycles. The van der Waals surface area contributed by atoms with Crippen molar-refractivity contribution in [3.05, 3.63) is 42.5 Å². The fourth-order valence-corrected chi connectivity index (χ4v) is 2.13. The summed E-state index contributed by atoms with van der Waals surface area (Å²) in [5.41, 5.74) is 2.03. The first-order chi connectivity index (χ1) is 10.4. The van der Waals surface area contributed by atoms with Gasteiger partial charge in [0.2, 0.25) is 11.8 Å². The summed E-state index contributed by atoms with van der Waals surface area (Å²) in [6.45, 7) is 10.2. The quantitative estimate of drug-likeness (QED) is 0.722. The van der Waals surface area contributed by atoms with Crippen molar-refractivity contribution >= 4 is 17.5 Å². The van der Waals surface area contributed by atoms with E-state index >= 15 is 0 Å². The number of anilines is 1. The first kappa shape index (κ1) is 18.0. The van der Waals surface area contributed by atoms with Crippen LogP contribution in [-0.2, 0) is 9.59 Å². The highest BCUT2D eigenvalue weighted by Crippen LogP contribution is 2.18. The van der Waals surface area contributed by atoms with Crippen LogP contribution in [0.3, 0.4) is 0 Å². The molecule has 1 unspecified atom stereocenters. The molecule has 1 rings (SSSR count). The molecule has 0 aliphatic carbocycles. The van der Waals surface area contributed by atoms with Gasteiger partial charge in [0, 0.05) is 25.1 Å². The Balaban J connectivity index is 2.41. The highest BCUT2D eigenvalue weighted by atomic mass is 16.2. The Morgan fingerprint density at radius 1 is 1.09 bits per heavy atom. The van der Waals surface area contributed by atoms with E-state index in [-0.39, 0.29) is 17.7 Å². The van der Waals surface area contributed by atoms with Crippen molar-refractivity contribution in [3.8, 4) is 0 Å². The van der Waals surface area contributed by atoms with Crippen molar-refractivity contribution in [1.82, 2.24) is 5.32 Å². The maximum absolute atomic E-state index is 12.0. The number of amides is 2. The number of carbonyl (C=O) groups is 2. The van der Waals surface area contributed by atoms with Gasteiger partial charge >= 0.3 is 0 Å². The van der Waals surface area contributed by atoms with Crippen LogP contribution in [0.4, 0.5) is 5.69 Å². The summed E-state index contributed by atoms with van der Waals surface area (Å²) in [6, 6.07) is 7.86. The van der Waals surface area contributed by atoms with Gasteiger partial charge in [-0.2, -0.15) is 0 Å². The lowest BCUT2D eigenvalue weighted by atomic mass is 10.0. The topological polar surface area (TPSA) is 58.2 Å². The molecule has 2 amide bonds. The Bertz CT molecular complexity index is 506. The Morgan fingerprint density at radius 2 is 1.68 bits per heavy atom. The van der Waals surface area contributed by atoms with E-state index in [9.17, 15) is 9.59 Å². The van der Waals surface area contributed by atoms with Crippen molar-refractivity contribution < 1.29 is 9.59 Å². The fourth-order valence-electron chi connectivity index (χ4n) is 2.13. The number of hydrogen-bond acceptors (Lipinski definition) is 2. The summed E-state index contributed by atoms with van der Waals surface area (Å²) in [4.78, 5) is 23.5. The third kappa shape index (κ3) is 6.57. The normalized spacial score (nSPS) is 11.8. The molecule has 1 atom stereocenters. The van der Waals surface area contributed by atoms with Crippen LogP contribution in [-0.4, -0.2) is 18.4 Å². The van der Waals surface area contributed by atoms with E-state index in [2.05, 4.69) is 31.1 Å². The summed E-state index contributed by atoms with van der Waals surface area (Å²) >= 11 is 0. The second-order valence-corrected chi connectivity index (χ2v) is 5.93. The van der Waals surface area contributed by atoms with Gasteiger partial charge in [0.1, 0.15) is 0 Å². The van der Waals surface area contributed by atoms with E-state index in [0.717, 1.165) is 5.69 Å². The lowest BCUT2D eigenvalue weighted by Gasteiger charge is -2.12. The molecule has 4 heteroatoms. The minimum Gasteiger partial charge on any atom is -0.353 e. The van der Waals surface area contributed by atoms with E-state index in [1.807, 2.05) is 31.2 Å². The number of rotatable bonds is 8. The number of benzene rings is 1. The summed E-state index contributed by atoms with van der Waals surface area (Å²) < 4.78 is 0. The maximum Gasteiger partial charge on any atom is 0.224 e. The van der Waals surface area contributed by atoms with Gasteiger partial charge in [-0.05, 0) is 29.5 Å². The van der Waals surface area contributed by atoms with Gasteiger partial charge in [-0.25, -0.2) is 0 Å². The third-order valence-corrected chi connectivity index (χ3v) is 3.37. The Hall–Kier alpha value is -2.10. The lowest BCUT2D eigenvalue weighted by molar-refractivity contribution is -0.122. The molecule has 4 nitrogen and oxygen atoms in total. The molecule has 0 aliphatic heterocycles. The second kappa shape index (κ2) is 9.03. The summed E-state index contributed by atoms with van der Waals surface area (Å²) in [7, 11) is 0. The van der Waals surface area contributed by atoms with Crippen LogP contribution in [0.15, 0.2) is 36.9 Å². The average Bonchev–Trinajstić information content (AvgIpc) is 2.45. The zero-order valence-electron chi connectivity index (χ0n) is 13.7. The second-order valence-electron chi connectivity index (χ2n) is 5.93. The molecule has 1 aromatic carbocycles. The minimum absolute atomic E-state index is 0.000229. The zero-order chi connectivity index (χ0) is 16.5. The summed E-state index contributed by atoms with van der Waals surface area (Å²) in [6.07, 6.45) is 2.30. The SMILES string of the molecule is C=CCNC(=O)CC(C)CC(=O)Nc1ccc(C(C)C)cc1. The van der Waals surface area contributed by atoms with Crippen LogP contribution in [0.5, 0.6) is 0 Å². The van der Waals surface area contributed by atoms with Gasteiger partial charge < -0.3 is 10.6 Å². The van der Waals surface area contributed by atoms with Crippen molar-refractivity contribution in [2.24, 2.45) is 5.92 Å². The first-order valence-corrected chi connectivity index (χ1v) is 7.69. The third-order valence-electron chi connectivity index (χ3n) is 3.37. The van der Waals surface area contributed by atoms with Crippen molar-refractivity contribution in [2.45, 2.75) is 39.5 Å². The molecule has 0 spiro atoms. The highest BCUT2D eigenvalue weighted by Gasteiger charge is 2.13. The molecule has 0 radical (unpaired) electrons. The predicted octanol–water partition coefficient (Wildman–Crippen LogP) is 3.47. The highest BCUT2D eigenvalue weighted by molar-refractivity contribution is 5.91. The largest absolute Gasteiger partial charge is 0.353 e. The van der Waals surface area contributed by atoms with E-state index in [0.29, 0.717) is 25.3 Å². The molecule has 0 saturated heterocycles. The van der Waals surface area contributed by atoms with Crippen molar-refractivity contribution in [3.63, 3.8) is 0 Å². The van der Waals surface area contributed by atoms with Gasteiger partial charge in [-0.3, -0.25) is 9.59 Å². The first-order valence-electron chi connectivity index (χ1n) is 7.69. The van der Waals surface area contributed by atoms with Crippen LogP contribution < -0.4 is 10.6 Å². The fraction of sp³-hybridized carbons (Fsp3) is 0.444. The molecule has 0 saturated carbocycles. The number of carbonyl (C=O) groups excluding carboxylic acids is 2. The molecule has 0 aliphatic rings. The molecule has 2 N–H and O–H groups in total. The van der Waals surface area contributed by atoms with E-state index < -0.39 is 0 Å². The van der Waals surface area contributed by atoms with Crippen LogP contribution in [0, 0.1) is 5.92 Å². The molecule has 0 aromatic heterocycles. The van der Waals surface area contributed by atoms with E-state index in [1.165, 1.54) is 5.56 Å². The van der Waals surface area contributed by atoms with Gasteiger partial charge in [0.15, 0.2) is 0 Å². The van der Waals surface area contributed by atoms with Crippen LogP contribution in [0.1, 0.15) is 45.1 Å². The smallest absolute Gasteiger partial charge is 0.224 e. The molecule has 0 bridgehead atoms. The summed E-state index contributed by atoms with van der Waals surface area (Å²) in [5, 5.41) is 5.58. The minimum atomic E-state index is -0.0682. The average molecular weight is 302 g/mol. The monoisotopic (exact) mass is 302 g/mol. The number of hydrogen-bond donors (Lipinski definition) is 2. The number of nitrogens with one attached hydrogen (secondary N) is 2. The summed E-state index contributed by atoms with van der Waals surface area (Å²) in [5.74, 6) is 0.349.